The first-order valence-electron chi connectivity index (χ1n) is 8.23. The number of aromatic nitrogens is 4. The summed E-state index contributed by atoms with van der Waals surface area (Å²) in [7, 11) is 0. The van der Waals surface area contributed by atoms with Gasteiger partial charge < -0.3 is 10.2 Å². The minimum atomic E-state index is 0.531. The normalized spacial score (nSPS) is 15.8. The molecule has 0 spiro atoms. The Morgan fingerprint density at radius 3 is 2.75 bits per heavy atom. The van der Waals surface area contributed by atoms with Crippen molar-refractivity contribution in [3.8, 4) is 5.69 Å². The minimum Gasteiger partial charge on any atom is -0.348 e. The van der Waals surface area contributed by atoms with E-state index in [-0.39, 0.29) is 0 Å². The summed E-state index contributed by atoms with van der Waals surface area (Å²) in [6.07, 6.45) is 6.13. The monoisotopic (exact) mass is 340 g/mol. The fourth-order valence-electron chi connectivity index (χ4n) is 2.98. The van der Waals surface area contributed by atoms with Crippen LogP contribution in [0.25, 0.3) is 5.69 Å². The second-order valence-electron chi connectivity index (χ2n) is 5.95. The molecule has 6 nitrogen and oxygen atoms in total. The maximum Gasteiger partial charge on any atom is 0.185 e. The lowest BCUT2D eigenvalue weighted by Gasteiger charge is -2.32. The summed E-state index contributed by atoms with van der Waals surface area (Å²) >= 11 is 1.71. The first-order valence-corrected chi connectivity index (χ1v) is 9.11. The Morgan fingerprint density at radius 1 is 1.17 bits per heavy atom. The molecule has 0 saturated carbocycles. The van der Waals surface area contributed by atoms with Crippen LogP contribution in [0.1, 0.15) is 18.5 Å². The molecular weight excluding hydrogens is 320 g/mol. The van der Waals surface area contributed by atoms with E-state index in [1.807, 2.05) is 52.8 Å². The highest BCUT2D eigenvalue weighted by Gasteiger charge is 2.20. The largest absolute Gasteiger partial charge is 0.348 e. The molecule has 2 aromatic heterocycles. The van der Waals surface area contributed by atoms with Crippen LogP contribution >= 0.6 is 11.3 Å². The van der Waals surface area contributed by atoms with Crippen molar-refractivity contribution in [2.24, 2.45) is 0 Å². The van der Waals surface area contributed by atoms with Gasteiger partial charge in [0.2, 0.25) is 0 Å². The third-order valence-corrected chi connectivity index (χ3v) is 5.15. The van der Waals surface area contributed by atoms with Crippen molar-refractivity contribution in [1.29, 1.82) is 0 Å². The third kappa shape index (κ3) is 3.47. The fourth-order valence-corrected chi connectivity index (χ4v) is 3.68. The van der Waals surface area contributed by atoms with Crippen LogP contribution in [0.2, 0.25) is 0 Å². The van der Waals surface area contributed by atoms with E-state index in [0.29, 0.717) is 6.04 Å². The number of thiazole rings is 1. The van der Waals surface area contributed by atoms with Gasteiger partial charge in [-0.3, -0.25) is 0 Å². The molecular formula is C17H20N6S. The van der Waals surface area contributed by atoms with Crippen molar-refractivity contribution in [1.82, 2.24) is 25.3 Å². The average molecular weight is 340 g/mol. The zero-order valence-electron chi connectivity index (χ0n) is 13.4. The topological polar surface area (TPSA) is 58.9 Å². The highest BCUT2D eigenvalue weighted by atomic mass is 32.1. The zero-order chi connectivity index (χ0) is 16.2. The molecule has 0 amide bonds. The predicted molar refractivity (Wildman–Crippen MR) is 95.5 cm³/mol. The van der Waals surface area contributed by atoms with Crippen LogP contribution in [-0.4, -0.2) is 39.1 Å². The summed E-state index contributed by atoms with van der Waals surface area (Å²) in [5, 5.41) is 15.3. The molecule has 1 fully saturated rings. The van der Waals surface area contributed by atoms with Crippen LogP contribution < -0.4 is 10.2 Å². The molecule has 0 aliphatic carbocycles. The van der Waals surface area contributed by atoms with Gasteiger partial charge in [-0.1, -0.05) is 23.4 Å². The Labute approximate surface area is 145 Å². The van der Waals surface area contributed by atoms with Gasteiger partial charge in [0.05, 0.1) is 17.6 Å². The van der Waals surface area contributed by atoms with E-state index in [1.54, 1.807) is 11.3 Å². The maximum absolute atomic E-state index is 4.39. The Balaban J connectivity index is 1.28. The smallest absolute Gasteiger partial charge is 0.185 e. The summed E-state index contributed by atoms with van der Waals surface area (Å²) in [6, 6.07) is 10.6. The predicted octanol–water partition coefficient (Wildman–Crippen LogP) is 2.48. The van der Waals surface area contributed by atoms with E-state index in [0.717, 1.165) is 49.0 Å². The van der Waals surface area contributed by atoms with E-state index in [2.05, 4.69) is 25.5 Å². The molecule has 3 heterocycles. The van der Waals surface area contributed by atoms with E-state index < -0.39 is 0 Å². The van der Waals surface area contributed by atoms with E-state index in [9.17, 15) is 0 Å². The molecule has 1 saturated heterocycles. The van der Waals surface area contributed by atoms with Gasteiger partial charge in [0.15, 0.2) is 5.13 Å². The molecule has 7 heteroatoms. The molecule has 3 aromatic rings. The molecule has 0 unspecified atom stereocenters. The molecule has 1 aliphatic rings. The average Bonchev–Trinajstić information content (AvgIpc) is 3.33. The first kappa shape index (κ1) is 15.3. The standard InChI is InChI=1S/C17H20N6S/c1-2-4-16(5-3-1)23-13-15(20-21-23)12-19-14-6-9-22(10-7-14)17-18-8-11-24-17/h1-5,8,11,13-14,19H,6-7,9-10,12H2. The van der Waals surface area contributed by atoms with Crippen LogP contribution in [0.4, 0.5) is 5.13 Å². The molecule has 0 bridgehead atoms. The van der Waals surface area contributed by atoms with Gasteiger partial charge in [-0.2, -0.15) is 0 Å². The van der Waals surface area contributed by atoms with E-state index in [1.165, 1.54) is 0 Å². The lowest BCUT2D eigenvalue weighted by molar-refractivity contribution is 0.412. The van der Waals surface area contributed by atoms with E-state index in [4.69, 9.17) is 0 Å². The molecule has 1 aromatic carbocycles. The van der Waals surface area contributed by atoms with Crippen molar-refractivity contribution in [2.75, 3.05) is 18.0 Å². The van der Waals surface area contributed by atoms with Crippen molar-refractivity contribution in [2.45, 2.75) is 25.4 Å². The molecule has 24 heavy (non-hydrogen) atoms. The van der Waals surface area contributed by atoms with Crippen LogP contribution in [0, 0.1) is 0 Å². The van der Waals surface area contributed by atoms with Crippen LogP contribution in [0.5, 0.6) is 0 Å². The van der Waals surface area contributed by atoms with Crippen molar-refractivity contribution in [3.05, 3.63) is 53.8 Å². The van der Waals surface area contributed by atoms with Gasteiger partial charge in [0.25, 0.3) is 0 Å². The van der Waals surface area contributed by atoms with Gasteiger partial charge in [-0.25, -0.2) is 9.67 Å². The lowest BCUT2D eigenvalue weighted by atomic mass is 10.1. The Morgan fingerprint density at radius 2 is 2.00 bits per heavy atom. The maximum atomic E-state index is 4.39. The number of nitrogens with zero attached hydrogens (tertiary/aromatic N) is 5. The Hall–Kier alpha value is -2.25. The summed E-state index contributed by atoms with van der Waals surface area (Å²) < 4.78 is 1.82. The summed E-state index contributed by atoms with van der Waals surface area (Å²) in [5.41, 5.74) is 2.01. The fraction of sp³-hybridized carbons (Fsp3) is 0.353. The molecule has 0 atom stereocenters. The quantitative estimate of drug-likeness (QED) is 0.773. The Kier molecular flexibility index (Phi) is 4.53. The number of rotatable bonds is 5. The van der Waals surface area contributed by atoms with Crippen molar-refractivity contribution in [3.63, 3.8) is 0 Å². The highest BCUT2D eigenvalue weighted by molar-refractivity contribution is 7.13. The van der Waals surface area contributed by atoms with Gasteiger partial charge in [0.1, 0.15) is 0 Å². The second-order valence-corrected chi connectivity index (χ2v) is 6.82. The second kappa shape index (κ2) is 7.11. The highest BCUT2D eigenvalue weighted by Crippen LogP contribution is 2.22. The number of anilines is 1. The molecule has 0 radical (unpaired) electrons. The molecule has 1 aliphatic heterocycles. The number of piperidine rings is 1. The minimum absolute atomic E-state index is 0.531. The van der Waals surface area contributed by atoms with Crippen LogP contribution in [0.15, 0.2) is 48.1 Å². The van der Waals surface area contributed by atoms with Gasteiger partial charge in [-0.05, 0) is 25.0 Å². The van der Waals surface area contributed by atoms with Gasteiger partial charge in [0, 0.05) is 37.3 Å². The third-order valence-electron chi connectivity index (χ3n) is 4.32. The summed E-state index contributed by atoms with van der Waals surface area (Å²) in [6.45, 7) is 2.87. The molecule has 4 rings (SSSR count). The molecule has 124 valence electrons. The van der Waals surface area contributed by atoms with Gasteiger partial charge >= 0.3 is 0 Å². The van der Waals surface area contributed by atoms with E-state index >= 15 is 0 Å². The first-order chi connectivity index (χ1) is 11.9. The SMILES string of the molecule is c1ccc(-n2cc(CNC3CCN(c4nccs4)CC3)nn2)cc1. The van der Waals surface area contributed by atoms with Gasteiger partial charge in [-0.15, -0.1) is 16.4 Å². The number of para-hydroxylation sites is 1. The van der Waals surface area contributed by atoms with Crippen molar-refractivity contribution >= 4 is 16.5 Å². The number of hydrogen-bond donors (Lipinski definition) is 1. The van der Waals surface area contributed by atoms with Crippen LogP contribution in [0.3, 0.4) is 0 Å². The van der Waals surface area contributed by atoms with Crippen molar-refractivity contribution < 1.29 is 0 Å². The number of nitrogens with one attached hydrogen (secondary N) is 1. The Bertz CT molecular complexity index is 747. The summed E-state index contributed by atoms with van der Waals surface area (Å²) in [5.74, 6) is 0. The van der Waals surface area contributed by atoms with Crippen LogP contribution in [-0.2, 0) is 6.54 Å². The zero-order valence-corrected chi connectivity index (χ0v) is 14.2. The lowest BCUT2D eigenvalue weighted by Crippen LogP contribution is -2.42. The number of hydrogen-bond acceptors (Lipinski definition) is 6. The molecule has 1 N–H and O–H groups in total. The number of benzene rings is 1. The summed E-state index contributed by atoms with van der Waals surface area (Å²) in [4.78, 5) is 6.76.